The van der Waals surface area contributed by atoms with Gasteiger partial charge in [0.25, 0.3) is 0 Å². The van der Waals surface area contributed by atoms with E-state index in [9.17, 15) is 0 Å². The highest BCUT2D eigenvalue weighted by atomic mass is 79.9. The van der Waals surface area contributed by atoms with Gasteiger partial charge >= 0.3 is 0 Å². The van der Waals surface area contributed by atoms with Gasteiger partial charge in [-0.05, 0) is 35.0 Å². The Kier molecular flexibility index (Phi) is 4.06. The molecule has 0 fully saturated rings. The number of anilines is 1. The first-order valence-corrected chi connectivity index (χ1v) is 7.78. The first-order chi connectivity index (χ1) is 10.0. The summed E-state index contributed by atoms with van der Waals surface area (Å²) in [6, 6.07) is 5.67. The van der Waals surface area contributed by atoms with Gasteiger partial charge in [0, 0.05) is 35.0 Å². The van der Waals surface area contributed by atoms with Gasteiger partial charge in [-0.2, -0.15) is 5.10 Å². The largest absolute Gasteiger partial charge is 0.380 e. The van der Waals surface area contributed by atoms with Crippen LogP contribution in [0.2, 0.25) is 10.0 Å². The van der Waals surface area contributed by atoms with Gasteiger partial charge in [0.15, 0.2) is 5.65 Å². The molecule has 21 heavy (non-hydrogen) atoms. The fraction of sp³-hybridized carbons (Fsp3) is 0.143. The summed E-state index contributed by atoms with van der Waals surface area (Å²) in [5.74, 6) is 0. The van der Waals surface area contributed by atoms with Crippen molar-refractivity contribution in [3.05, 3.63) is 56.4 Å². The van der Waals surface area contributed by atoms with E-state index in [1.165, 1.54) is 0 Å². The SMILES string of the molecule is Cc1cc2ncc(CNc3ccc(Br)c(Cl)c3Cl)cn2n1. The van der Waals surface area contributed by atoms with Crippen molar-refractivity contribution >= 4 is 50.5 Å². The fourth-order valence-electron chi connectivity index (χ4n) is 1.98. The quantitative estimate of drug-likeness (QED) is 0.663. The van der Waals surface area contributed by atoms with Crippen LogP contribution in [0.1, 0.15) is 11.3 Å². The summed E-state index contributed by atoms with van der Waals surface area (Å²) in [6.07, 6.45) is 3.76. The zero-order valence-corrected chi connectivity index (χ0v) is 14.2. The standard InChI is InChI=1S/C14H11BrCl2N4/c1-8-4-12-19-6-9(7-21(12)20-8)5-18-11-3-2-10(15)13(16)14(11)17/h2-4,6-7,18H,5H2,1H3. The Morgan fingerprint density at radius 3 is 2.90 bits per heavy atom. The lowest BCUT2D eigenvalue weighted by atomic mass is 10.3. The molecule has 0 radical (unpaired) electrons. The number of rotatable bonds is 3. The zero-order valence-electron chi connectivity index (χ0n) is 11.1. The maximum Gasteiger partial charge on any atom is 0.155 e. The average Bonchev–Trinajstić information content (AvgIpc) is 2.83. The van der Waals surface area contributed by atoms with Crippen molar-refractivity contribution in [1.82, 2.24) is 14.6 Å². The third-order valence-corrected chi connectivity index (χ3v) is 4.78. The molecule has 0 bridgehead atoms. The number of hydrogen-bond acceptors (Lipinski definition) is 3. The maximum absolute atomic E-state index is 6.21. The van der Waals surface area contributed by atoms with Crippen molar-refractivity contribution in [1.29, 1.82) is 0 Å². The summed E-state index contributed by atoms with van der Waals surface area (Å²) >= 11 is 15.6. The molecule has 0 saturated carbocycles. The molecule has 0 aliphatic rings. The molecule has 2 aromatic heterocycles. The van der Waals surface area contributed by atoms with E-state index in [0.29, 0.717) is 16.6 Å². The van der Waals surface area contributed by atoms with Gasteiger partial charge in [-0.1, -0.05) is 23.2 Å². The van der Waals surface area contributed by atoms with Gasteiger partial charge in [0.2, 0.25) is 0 Å². The fourth-order valence-corrected chi connectivity index (χ4v) is 2.83. The van der Waals surface area contributed by atoms with Gasteiger partial charge in [0.05, 0.1) is 21.4 Å². The average molecular weight is 386 g/mol. The molecule has 108 valence electrons. The Bertz CT molecular complexity index is 816. The number of nitrogens with zero attached hydrogens (tertiary/aromatic N) is 3. The van der Waals surface area contributed by atoms with E-state index >= 15 is 0 Å². The Labute approximate surface area is 140 Å². The topological polar surface area (TPSA) is 42.2 Å². The van der Waals surface area contributed by atoms with Gasteiger partial charge in [0.1, 0.15) is 0 Å². The lowest BCUT2D eigenvalue weighted by Crippen LogP contribution is -2.03. The van der Waals surface area contributed by atoms with E-state index in [4.69, 9.17) is 23.2 Å². The van der Waals surface area contributed by atoms with Crippen LogP contribution < -0.4 is 5.32 Å². The Morgan fingerprint density at radius 1 is 1.29 bits per heavy atom. The summed E-state index contributed by atoms with van der Waals surface area (Å²) in [4.78, 5) is 4.36. The van der Waals surface area contributed by atoms with Gasteiger partial charge < -0.3 is 5.32 Å². The van der Waals surface area contributed by atoms with Crippen LogP contribution in [-0.2, 0) is 6.54 Å². The van der Waals surface area contributed by atoms with Crippen LogP contribution in [0.15, 0.2) is 35.1 Å². The highest BCUT2D eigenvalue weighted by Gasteiger charge is 2.08. The van der Waals surface area contributed by atoms with Crippen LogP contribution in [0.4, 0.5) is 5.69 Å². The third-order valence-electron chi connectivity index (χ3n) is 3.01. The highest BCUT2D eigenvalue weighted by molar-refractivity contribution is 9.10. The first-order valence-electron chi connectivity index (χ1n) is 6.23. The Morgan fingerprint density at radius 2 is 2.10 bits per heavy atom. The maximum atomic E-state index is 6.21. The van der Waals surface area contributed by atoms with Crippen LogP contribution in [0, 0.1) is 6.92 Å². The van der Waals surface area contributed by atoms with E-state index in [1.54, 1.807) is 4.52 Å². The molecule has 1 aromatic carbocycles. The second-order valence-corrected chi connectivity index (χ2v) is 6.24. The summed E-state index contributed by atoms with van der Waals surface area (Å²) in [6.45, 7) is 2.52. The summed E-state index contributed by atoms with van der Waals surface area (Å²) in [5, 5.41) is 8.59. The van der Waals surface area contributed by atoms with Crippen LogP contribution in [0.3, 0.4) is 0 Å². The smallest absolute Gasteiger partial charge is 0.155 e. The van der Waals surface area contributed by atoms with E-state index in [0.717, 1.165) is 27.1 Å². The summed E-state index contributed by atoms with van der Waals surface area (Å²) in [7, 11) is 0. The minimum Gasteiger partial charge on any atom is -0.380 e. The van der Waals surface area contributed by atoms with Crippen LogP contribution in [0.5, 0.6) is 0 Å². The molecule has 0 aliphatic carbocycles. The second kappa shape index (κ2) is 5.83. The molecule has 4 nitrogen and oxygen atoms in total. The molecule has 1 N–H and O–H groups in total. The normalized spacial score (nSPS) is 11.0. The predicted octanol–water partition coefficient (Wildman–Crippen LogP) is 4.72. The molecule has 0 atom stereocenters. The molecule has 2 heterocycles. The van der Waals surface area contributed by atoms with E-state index in [-0.39, 0.29) is 0 Å². The number of hydrogen-bond donors (Lipinski definition) is 1. The number of nitrogens with one attached hydrogen (secondary N) is 1. The number of benzene rings is 1. The third kappa shape index (κ3) is 3.00. The van der Waals surface area contributed by atoms with E-state index in [1.807, 2.05) is 37.5 Å². The van der Waals surface area contributed by atoms with Crippen molar-refractivity contribution in [2.75, 3.05) is 5.32 Å². The minimum atomic E-state index is 0.495. The molecule has 0 spiro atoms. The predicted molar refractivity (Wildman–Crippen MR) is 89.2 cm³/mol. The van der Waals surface area contributed by atoms with Crippen molar-refractivity contribution in [3.63, 3.8) is 0 Å². The lowest BCUT2D eigenvalue weighted by molar-refractivity contribution is 0.895. The van der Waals surface area contributed by atoms with Crippen molar-refractivity contribution < 1.29 is 0 Å². The number of aromatic nitrogens is 3. The summed E-state index contributed by atoms with van der Waals surface area (Å²) < 4.78 is 2.54. The molecule has 0 saturated heterocycles. The van der Waals surface area contributed by atoms with Gasteiger partial charge in [-0.25, -0.2) is 9.50 Å². The zero-order chi connectivity index (χ0) is 15.0. The second-order valence-electron chi connectivity index (χ2n) is 4.63. The highest BCUT2D eigenvalue weighted by Crippen LogP contribution is 2.35. The minimum absolute atomic E-state index is 0.495. The van der Waals surface area contributed by atoms with Crippen molar-refractivity contribution in [2.24, 2.45) is 0 Å². The molecule has 7 heteroatoms. The van der Waals surface area contributed by atoms with E-state index < -0.39 is 0 Å². The Hall–Kier alpha value is -1.30. The van der Waals surface area contributed by atoms with Crippen LogP contribution in [0.25, 0.3) is 5.65 Å². The molecule has 3 rings (SSSR count). The molecule has 0 aliphatic heterocycles. The van der Waals surface area contributed by atoms with Gasteiger partial charge in [-0.3, -0.25) is 0 Å². The molecule has 0 amide bonds. The molecular weight excluding hydrogens is 375 g/mol. The van der Waals surface area contributed by atoms with E-state index in [2.05, 4.69) is 31.3 Å². The Balaban J connectivity index is 1.81. The summed E-state index contributed by atoms with van der Waals surface area (Å²) in [5.41, 5.74) is 3.55. The van der Waals surface area contributed by atoms with Crippen molar-refractivity contribution in [2.45, 2.75) is 13.5 Å². The number of halogens is 3. The van der Waals surface area contributed by atoms with Crippen LogP contribution >= 0.6 is 39.1 Å². The number of aryl methyl sites for hydroxylation is 1. The molecule has 0 unspecified atom stereocenters. The monoisotopic (exact) mass is 384 g/mol. The van der Waals surface area contributed by atoms with Crippen molar-refractivity contribution in [3.8, 4) is 0 Å². The lowest BCUT2D eigenvalue weighted by Gasteiger charge is -2.10. The molecular formula is C14H11BrCl2N4. The van der Waals surface area contributed by atoms with Crippen LogP contribution in [-0.4, -0.2) is 14.6 Å². The van der Waals surface area contributed by atoms with Gasteiger partial charge in [-0.15, -0.1) is 0 Å². The first kappa shape index (κ1) is 14.6. The number of fused-ring (bicyclic) bond motifs is 1. The molecule has 3 aromatic rings.